The second-order valence-electron chi connectivity index (χ2n) is 6.63. The number of urea groups is 1. The zero-order valence-corrected chi connectivity index (χ0v) is 14.6. The number of hydrogen-bond donors (Lipinski definition) is 2. The third-order valence-electron chi connectivity index (χ3n) is 4.96. The van der Waals surface area contributed by atoms with Crippen molar-refractivity contribution in [2.75, 3.05) is 6.54 Å². The Labute approximate surface area is 153 Å². The van der Waals surface area contributed by atoms with E-state index in [1.54, 1.807) is 12.5 Å². The Morgan fingerprint density at radius 3 is 2.77 bits per heavy atom. The van der Waals surface area contributed by atoms with Gasteiger partial charge in [0.25, 0.3) is 0 Å². The molecule has 0 spiro atoms. The molecule has 132 valence electrons. The van der Waals surface area contributed by atoms with Gasteiger partial charge in [-0.3, -0.25) is 0 Å². The van der Waals surface area contributed by atoms with E-state index in [1.165, 1.54) is 11.1 Å². The number of aromatic nitrogens is 2. The van der Waals surface area contributed by atoms with Crippen molar-refractivity contribution >= 4 is 6.03 Å². The summed E-state index contributed by atoms with van der Waals surface area (Å²) in [6, 6.07) is 16.5. The highest BCUT2D eigenvalue weighted by molar-refractivity contribution is 5.73. The van der Waals surface area contributed by atoms with Gasteiger partial charge in [0.05, 0.1) is 6.33 Å². The number of aryl methyl sites for hydroxylation is 1. The third kappa shape index (κ3) is 3.61. The number of benzene rings is 2. The van der Waals surface area contributed by atoms with Gasteiger partial charge < -0.3 is 15.2 Å². The Morgan fingerprint density at radius 2 is 1.96 bits per heavy atom. The van der Waals surface area contributed by atoms with Gasteiger partial charge in [-0.1, -0.05) is 36.4 Å². The molecule has 0 bridgehead atoms. The van der Waals surface area contributed by atoms with Gasteiger partial charge in [0.1, 0.15) is 0 Å². The van der Waals surface area contributed by atoms with Crippen LogP contribution in [0.2, 0.25) is 0 Å². The van der Waals surface area contributed by atoms with Crippen LogP contribution in [-0.2, 0) is 13.0 Å². The summed E-state index contributed by atoms with van der Waals surface area (Å²) in [4.78, 5) is 16.1. The fourth-order valence-corrected chi connectivity index (χ4v) is 3.52. The van der Waals surface area contributed by atoms with Crippen molar-refractivity contribution < 1.29 is 4.79 Å². The molecule has 1 unspecified atom stereocenters. The molecule has 0 saturated carbocycles. The number of carbonyl (C=O) groups is 1. The summed E-state index contributed by atoms with van der Waals surface area (Å²) < 4.78 is 1.95. The predicted molar refractivity (Wildman–Crippen MR) is 101 cm³/mol. The number of hydrogen-bond acceptors (Lipinski definition) is 2. The van der Waals surface area contributed by atoms with Crippen molar-refractivity contribution in [3.63, 3.8) is 0 Å². The molecule has 1 atom stereocenters. The molecule has 2 aromatic carbocycles. The highest BCUT2D eigenvalue weighted by atomic mass is 16.2. The molecular formula is C21H22N4O. The number of amides is 2. The van der Waals surface area contributed by atoms with Gasteiger partial charge in [-0.05, 0) is 41.7 Å². The zero-order chi connectivity index (χ0) is 17.8. The number of fused-ring (bicyclic) bond motifs is 1. The molecule has 0 radical (unpaired) electrons. The molecule has 2 amide bonds. The number of imidazole rings is 1. The van der Waals surface area contributed by atoms with Gasteiger partial charge in [0, 0.05) is 37.1 Å². The van der Waals surface area contributed by atoms with Crippen molar-refractivity contribution in [3.05, 3.63) is 83.9 Å². The molecule has 1 aromatic heterocycles. The Hall–Kier alpha value is -3.08. The lowest BCUT2D eigenvalue weighted by molar-refractivity contribution is 0.240. The second-order valence-corrected chi connectivity index (χ2v) is 6.63. The first kappa shape index (κ1) is 16.4. The average molecular weight is 346 g/mol. The lowest BCUT2D eigenvalue weighted by Crippen LogP contribution is -2.37. The Morgan fingerprint density at radius 1 is 1.12 bits per heavy atom. The van der Waals surface area contributed by atoms with Crippen LogP contribution in [0.1, 0.15) is 29.0 Å². The minimum atomic E-state index is -0.118. The van der Waals surface area contributed by atoms with Crippen LogP contribution < -0.4 is 10.6 Å². The van der Waals surface area contributed by atoms with E-state index in [2.05, 4.69) is 39.9 Å². The first-order valence-corrected chi connectivity index (χ1v) is 8.96. The molecule has 2 N–H and O–H groups in total. The molecule has 1 aliphatic rings. The van der Waals surface area contributed by atoms with Crippen LogP contribution in [0.15, 0.2) is 67.3 Å². The maximum absolute atomic E-state index is 12.1. The van der Waals surface area contributed by atoms with Gasteiger partial charge in [0.2, 0.25) is 0 Å². The Kier molecular flexibility index (Phi) is 4.69. The van der Waals surface area contributed by atoms with Crippen molar-refractivity contribution in [2.45, 2.75) is 25.3 Å². The predicted octanol–water partition coefficient (Wildman–Crippen LogP) is 3.40. The van der Waals surface area contributed by atoms with E-state index < -0.39 is 0 Å². The van der Waals surface area contributed by atoms with Crippen molar-refractivity contribution in [3.8, 4) is 5.69 Å². The van der Waals surface area contributed by atoms with Gasteiger partial charge in [0.15, 0.2) is 0 Å². The van der Waals surface area contributed by atoms with Crippen molar-refractivity contribution in [1.82, 2.24) is 20.2 Å². The fourth-order valence-electron chi connectivity index (χ4n) is 3.52. The Bertz CT molecular complexity index is 871. The molecule has 1 heterocycles. The summed E-state index contributed by atoms with van der Waals surface area (Å²) in [5, 5.41) is 5.94. The largest absolute Gasteiger partial charge is 0.338 e. The van der Waals surface area contributed by atoms with Crippen LogP contribution in [0, 0.1) is 0 Å². The highest BCUT2D eigenvalue weighted by Gasteiger charge is 2.21. The maximum atomic E-state index is 12.1. The smallest absolute Gasteiger partial charge is 0.315 e. The summed E-state index contributed by atoms with van der Waals surface area (Å²) in [5.74, 6) is 0.423. The zero-order valence-electron chi connectivity index (χ0n) is 14.6. The Balaban J connectivity index is 1.26. The number of nitrogens with one attached hydrogen (secondary N) is 2. The SMILES string of the molecule is O=C(NCc1ccc(-n2ccnc2)cc1)NCC1CCc2ccccc21. The van der Waals surface area contributed by atoms with Gasteiger partial charge in [-0.25, -0.2) is 9.78 Å². The minimum absolute atomic E-state index is 0.118. The molecule has 3 aromatic rings. The van der Waals surface area contributed by atoms with E-state index in [9.17, 15) is 4.79 Å². The summed E-state index contributed by atoms with van der Waals surface area (Å²) >= 11 is 0. The van der Waals surface area contributed by atoms with E-state index in [1.807, 2.05) is 35.0 Å². The first-order chi connectivity index (χ1) is 12.8. The quantitative estimate of drug-likeness (QED) is 0.744. The topological polar surface area (TPSA) is 59.0 Å². The summed E-state index contributed by atoms with van der Waals surface area (Å²) in [5.41, 5.74) is 4.91. The average Bonchev–Trinajstić information content (AvgIpc) is 3.35. The first-order valence-electron chi connectivity index (χ1n) is 8.96. The van der Waals surface area contributed by atoms with E-state index in [0.717, 1.165) is 24.1 Å². The van der Waals surface area contributed by atoms with Crippen LogP contribution in [0.3, 0.4) is 0 Å². The lowest BCUT2D eigenvalue weighted by atomic mass is 10.0. The molecule has 5 heteroatoms. The molecule has 5 nitrogen and oxygen atoms in total. The minimum Gasteiger partial charge on any atom is -0.338 e. The molecule has 0 aliphatic heterocycles. The number of nitrogens with zero attached hydrogens (tertiary/aromatic N) is 2. The number of carbonyl (C=O) groups excluding carboxylic acids is 1. The maximum Gasteiger partial charge on any atom is 0.315 e. The van der Waals surface area contributed by atoms with Gasteiger partial charge >= 0.3 is 6.03 Å². The fraction of sp³-hybridized carbons (Fsp3) is 0.238. The molecule has 0 saturated heterocycles. The summed E-state index contributed by atoms with van der Waals surface area (Å²) in [6.07, 6.45) is 7.63. The molecular weight excluding hydrogens is 324 g/mol. The lowest BCUT2D eigenvalue weighted by Gasteiger charge is -2.13. The van der Waals surface area contributed by atoms with E-state index >= 15 is 0 Å². The van der Waals surface area contributed by atoms with Crippen LogP contribution in [0.5, 0.6) is 0 Å². The van der Waals surface area contributed by atoms with Gasteiger partial charge in [-0.2, -0.15) is 0 Å². The monoisotopic (exact) mass is 346 g/mol. The van der Waals surface area contributed by atoms with Crippen LogP contribution in [0.4, 0.5) is 4.79 Å². The van der Waals surface area contributed by atoms with E-state index in [-0.39, 0.29) is 6.03 Å². The van der Waals surface area contributed by atoms with E-state index in [4.69, 9.17) is 0 Å². The van der Waals surface area contributed by atoms with E-state index in [0.29, 0.717) is 19.0 Å². The number of rotatable bonds is 5. The second kappa shape index (κ2) is 7.44. The summed E-state index contributed by atoms with van der Waals surface area (Å²) in [6.45, 7) is 1.19. The normalized spacial score (nSPS) is 15.5. The standard InChI is InChI=1S/C21H22N4O/c26-21(24-14-18-8-7-17-3-1-2-4-20(17)18)23-13-16-5-9-19(10-6-16)25-12-11-22-15-25/h1-6,9-12,15,18H,7-8,13-14H2,(H2,23,24,26). The molecule has 1 aliphatic carbocycles. The van der Waals surface area contributed by atoms with Crippen LogP contribution in [0.25, 0.3) is 5.69 Å². The summed E-state index contributed by atoms with van der Waals surface area (Å²) in [7, 11) is 0. The molecule has 4 rings (SSSR count). The van der Waals surface area contributed by atoms with Gasteiger partial charge in [-0.15, -0.1) is 0 Å². The highest BCUT2D eigenvalue weighted by Crippen LogP contribution is 2.32. The van der Waals surface area contributed by atoms with Crippen LogP contribution in [-0.4, -0.2) is 22.1 Å². The molecule has 26 heavy (non-hydrogen) atoms. The third-order valence-corrected chi connectivity index (χ3v) is 4.96. The van der Waals surface area contributed by atoms with Crippen LogP contribution >= 0.6 is 0 Å². The van der Waals surface area contributed by atoms with Crippen molar-refractivity contribution in [1.29, 1.82) is 0 Å². The molecule has 0 fully saturated rings. The van der Waals surface area contributed by atoms with Crippen molar-refractivity contribution in [2.24, 2.45) is 0 Å².